The van der Waals surface area contributed by atoms with Gasteiger partial charge in [-0.3, -0.25) is 19.1 Å². The zero-order valence-corrected chi connectivity index (χ0v) is 16.6. The van der Waals surface area contributed by atoms with Crippen LogP contribution in [0.2, 0.25) is 0 Å². The number of hydrogen-bond donors (Lipinski definition) is 1. The van der Waals surface area contributed by atoms with Crippen LogP contribution in [0.1, 0.15) is 13.8 Å². The van der Waals surface area contributed by atoms with Crippen molar-refractivity contribution in [1.82, 2.24) is 24.8 Å². The molecule has 3 aromatic heterocycles. The van der Waals surface area contributed by atoms with Crippen LogP contribution in [0.25, 0.3) is 22.4 Å². The van der Waals surface area contributed by atoms with Gasteiger partial charge in [-0.25, -0.2) is 9.97 Å². The van der Waals surface area contributed by atoms with E-state index in [1.165, 1.54) is 11.7 Å². The molecule has 3 aromatic rings. The molecule has 27 heavy (non-hydrogen) atoms. The van der Waals surface area contributed by atoms with E-state index in [2.05, 4.69) is 36.2 Å². The second-order valence-electron chi connectivity index (χ2n) is 6.19. The molecular weight excluding hydrogens is 414 g/mol. The largest absolute Gasteiger partial charge is 0.495 e. The van der Waals surface area contributed by atoms with Gasteiger partial charge in [0.2, 0.25) is 5.91 Å². The molecule has 140 valence electrons. The minimum atomic E-state index is -0.356. The lowest BCUT2D eigenvalue weighted by Crippen LogP contribution is -2.37. The number of halogens is 1. The van der Waals surface area contributed by atoms with Crippen LogP contribution in [0.5, 0.6) is 5.75 Å². The molecule has 0 atom stereocenters. The number of nitrogens with zero attached hydrogens (tertiary/aromatic N) is 4. The van der Waals surface area contributed by atoms with E-state index in [0.717, 1.165) is 0 Å². The topological polar surface area (TPSA) is 99.0 Å². The number of pyridine rings is 2. The Morgan fingerprint density at radius 2 is 2.07 bits per heavy atom. The van der Waals surface area contributed by atoms with Gasteiger partial charge in [0.15, 0.2) is 5.65 Å². The minimum Gasteiger partial charge on any atom is -0.495 e. The second-order valence-corrected chi connectivity index (χ2v) is 7.10. The van der Waals surface area contributed by atoms with Gasteiger partial charge in [-0.1, -0.05) is 0 Å². The third kappa shape index (κ3) is 4.13. The summed E-state index contributed by atoms with van der Waals surface area (Å²) < 4.78 is 7.18. The Balaban J connectivity index is 2.23. The van der Waals surface area contributed by atoms with Crippen molar-refractivity contribution >= 4 is 32.9 Å². The molecule has 0 unspecified atom stereocenters. The van der Waals surface area contributed by atoms with Gasteiger partial charge >= 0.3 is 0 Å². The molecule has 0 saturated carbocycles. The first-order chi connectivity index (χ1) is 12.9. The quantitative estimate of drug-likeness (QED) is 0.664. The van der Waals surface area contributed by atoms with E-state index in [1.807, 2.05) is 13.8 Å². The minimum absolute atomic E-state index is 0.0423. The Hall–Kier alpha value is -2.81. The summed E-state index contributed by atoms with van der Waals surface area (Å²) in [5.74, 6) is 0.532. The standard InChI is InChI=1S/C18H18BrN5O3/c1-10(2)22-15(25)9-24-17(11-4-13(27-3)8-20-6-11)23-16-14(18(24)26)5-12(19)7-21-16/h4-8,10H,9H2,1-3H3,(H,22,25). The Kier molecular flexibility index (Phi) is 5.50. The number of methoxy groups -OCH3 is 1. The highest BCUT2D eigenvalue weighted by Crippen LogP contribution is 2.22. The van der Waals surface area contributed by atoms with Crippen LogP contribution in [0.4, 0.5) is 0 Å². The molecule has 9 heteroatoms. The molecule has 0 radical (unpaired) electrons. The van der Waals surface area contributed by atoms with E-state index in [0.29, 0.717) is 32.6 Å². The number of nitrogens with one attached hydrogen (secondary N) is 1. The van der Waals surface area contributed by atoms with Gasteiger partial charge in [0, 0.05) is 28.5 Å². The van der Waals surface area contributed by atoms with Crippen LogP contribution in [-0.4, -0.2) is 38.6 Å². The summed E-state index contributed by atoms with van der Waals surface area (Å²) in [5.41, 5.74) is 0.488. The summed E-state index contributed by atoms with van der Waals surface area (Å²) in [5, 5.41) is 3.11. The van der Waals surface area contributed by atoms with Gasteiger partial charge in [0.25, 0.3) is 5.56 Å². The van der Waals surface area contributed by atoms with Crippen molar-refractivity contribution in [2.45, 2.75) is 26.4 Å². The maximum atomic E-state index is 13.1. The molecule has 0 aliphatic heterocycles. The molecule has 0 fully saturated rings. The molecule has 0 aromatic carbocycles. The van der Waals surface area contributed by atoms with E-state index in [1.54, 1.807) is 30.7 Å². The molecule has 0 spiro atoms. The Labute approximate surface area is 163 Å². The molecule has 0 aliphatic carbocycles. The first kappa shape index (κ1) is 19.0. The Bertz CT molecular complexity index is 1060. The third-order valence-electron chi connectivity index (χ3n) is 3.73. The van der Waals surface area contributed by atoms with Crippen molar-refractivity contribution < 1.29 is 9.53 Å². The first-order valence-electron chi connectivity index (χ1n) is 8.24. The predicted octanol–water partition coefficient (Wildman–Crippen LogP) is 2.15. The first-order valence-corrected chi connectivity index (χ1v) is 9.03. The van der Waals surface area contributed by atoms with Crippen molar-refractivity contribution in [3.05, 3.63) is 45.5 Å². The summed E-state index contributed by atoms with van der Waals surface area (Å²) in [4.78, 5) is 38.2. The number of fused-ring (bicyclic) bond motifs is 1. The molecule has 3 heterocycles. The monoisotopic (exact) mass is 431 g/mol. The fraction of sp³-hybridized carbons (Fsp3) is 0.278. The molecule has 1 N–H and O–H groups in total. The average molecular weight is 432 g/mol. The van der Waals surface area contributed by atoms with Crippen molar-refractivity contribution in [2.24, 2.45) is 0 Å². The van der Waals surface area contributed by atoms with Crippen LogP contribution in [0.3, 0.4) is 0 Å². The number of rotatable bonds is 5. The van der Waals surface area contributed by atoms with Crippen LogP contribution in [-0.2, 0) is 11.3 Å². The maximum Gasteiger partial charge on any atom is 0.263 e. The molecule has 8 nitrogen and oxygen atoms in total. The van der Waals surface area contributed by atoms with Gasteiger partial charge < -0.3 is 10.1 Å². The van der Waals surface area contributed by atoms with Crippen molar-refractivity contribution in [3.8, 4) is 17.1 Å². The maximum absolute atomic E-state index is 13.1. The van der Waals surface area contributed by atoms with Gasteiger partial charge in [-0.15, -0.1) is 0 Å². The molecule has 0 aliphatic rings. The molecule has 1 amide bonds. The highest BCUT2D eigenvalue weighted by atomic mass is 79.9. The Morgan fingerprint density at radius 1 is 1.30 bits per heavy atom. The predicted molar refractivity (Wildman–Crippen MR) is 105 cm³/mol. The Morgan fingerprint density at radius 3 is 2.78 bits per heavy atom. The lowest BCUT2D eigenvalue weighted by Gasteiger charge is -2.15. The van der Waals surface area contributed by atoms with E-state index in [9.17, 15) is 9.59 Å². The van der Waals surface area contributed by atoms with Crippen molar-refractivity contribution in [1.29, 1.82) is 0 Å². The van der Waals surface area contributed by atoms with Crippen LogP contribution >= 0.6 is 15.9 Å². The number of carbonyl (C=O) groups excluding carboxylic acids is 1. The zero-order chi connectivity index (χ0) is 19.6. The normalized spacial score (nSPS) is 11.0. The van der Waals surface area contributed by atoms with Crippen LogP contribution in [0, 0.1) is 0 Å². The molecule has 3 rings (SSSR count). The lowest BCUT2D eigenvalue weighted by atomic mass is 10.2. The summed E-state index contributed by atoms with van der Waals surface area (Å²) in [6.45, 7) is 3.54. The number of ether oxygens (including phenoxy) is 1. The van der Waals surface area contributed by atoms with E-state index >= 15 is 0 Å². The third-order valence-corrected chi connectivity index (χ3v) is 4.17. The summed E-state index contributed by atoms with van der Waals surface area (Å²) in [6.07, 6.45) is 4.68. The van der Waals surface area contributed by atoms with Crippen LogP contribution in [0.15, 0.2) is 40.0 Å². The SMILES string of the molecule is COc1cncc(-c2nc3ncc(Br)cc3c(=O)n2CC(=O)NC(C)C)c1. The van der Waals surface area contributed by atoms with Gasteiger partial charge in [-0.2, -0.15) is 0 Å². The van der Waals surface area contributed by atoms with Crippen molar-refractivity contribution in [2.75, 3.05) is 7.11 Å². The second kappa shape index (κ2) is 7.83. The fourth-order valence-corrected chi connectivity index (χ4v) is 2.94. The molecule has 0 saturated heterocycles. The van der Waals surface area contributed by atoms with Crippen LogP contribution < -0.4 is 15.6 Å². The van der Waals surface area contributed by atoms with Gasteiger partial charge in [0.1, 0.15) is 18.1 Å². The summed E-state index contributed by atoms with van der Waals surface area (Å²) in [7, 11) is 1.52. The average Bonchev–Trinajstić information content (AvgIpc) is 2.63. The van der Waals surface area contributed by atoms with Gasteiger partial charge in [-0.05, 0) is 41.9 Å². The number of carbonyl (C=O) groups is 1. The number of amides is 1. The highest BCUT2D eigenvalue weighted by molar-refractivity contribution is 9.10. The van der Waals surface area contributed by atoms with Crippen molar-refractivity contribution in [3.63, 3.8) is 0 Å². The van der Waals surface area contributed by atoms with E-state index in [4.69, 9.17) is 4.74 Å². The number of aromatic nitrogens is 4. The summed E-state index contributed by atoms with van der Waals surface area (Å²) >= 11 is 3.31. The fourth-order valence-electron chi connectivity index (χ4n) is 2.61. The number of hydrogen-bond acceptors (Lipinski definition) is 6. The summed E-state index contributed by atoms with van der Waals surface area (Å²) in [6, 6.07) is 3.30. The van der Waals surface area contributed by atoms with Gasteiger partial charge in [0.05, 0.1) is 18.7 Å². The molecular formula is C18H18BrN5O3. The molecule has 0 bridgehead atoms. The lowest BCUT2D eigenvalue weighted by molar-refractivity contribution is -0.122. The smallest absolute Gasteiger partial charge is 0.263 e. The highest BCUT2D eigenvalue weighted by Gasteiger charge is 2.17. The van der Waals surface area contributed by atoms with E-state index < -0.39 is 0 Å². The zero-order valence-electron chi connectivity index (χ0n) is 15.1. The van der Waals surface area contributed by atoms with E-state index in [-0.39, 0.29) is 24.1 Å².